The topological polar surface area (TPSA) is 96.0 Å². The summed E-state index contributed by atoms with van der Waals surface area (Å²) in [6.45, 7) is 1.86. The minimum Gasteiger partial charge on any atom is -0.335 e. The Bertz CT molecular complexity index is 1090. The van der Waals surface area contributed by atoms with Crippen molar-refractivity contribution in [2.24, 2.45) is 0 Å². The van der Waals surface area contributed by atoms with Crippen molar-refractivity contribution in [3.05, 3.63) is 45.9 Å². The predicted molar refractivity (Wildman–Crippen MR) is 126 cm³/mol. The molecule has 4 rings (SSSR count). The van der Waals surface area contributed by atoms with Crippen LogP contribution in [0.15, 0.2) is 29.6 Å². The summed E-state index contributed by atoms with van der Waals surface area (Å²) in [6, 6.07) is 6.88. The Hall–Kier alpha value is -2.49. The molecular formula is C21H22ClN5O2S2. The van der Waals surface area contributed by atoms with Crippen LogP contribution in [0.5, 0.6) is 0 Å². The van der Waals surface area contributed by atoms with Gasteiger partial charge in [-0.05, 0) is 31.9 Å². The van der Waals surface area contributed by atoms with Crippen molar-refractivity contribution in [2.75, 3.05) is 10.6 Å². The van der Waals surface area contributed by atoms with Crippen LogP contribution < -0.4 is 16.0 Å². The molecule has 0 radical (unpaired) electrons. The lowest BCUT2D eigenvalue weighted by Gasteiger charge is -2.22. The molecule has 10 heteroatoms. The monoisotopic (exact) mass is 475 g/mol. The predicted octanol–water partition coefficient (Wildman–Crippen LogP) is 5.93. The van der Waals surface area contributed by atoms with E-state index in [1.807, 2.05) is 12.3 Å². The zero-order valence-electron chi connectivity index (χ0n) is 16.9. The van der Waals surface area contributed by atoms with Gasteiger partial charge in [0.15, 0.2) is 10.3 Å². The van der Waals surface area contributed by atoms with Crippen LogP contribution in [0.25, 0.3) is 10.6 Å². The zero-order chi connectivity index (χ0) is 21.8. The van der Waals surface area contributed by atoms with E-state index in [4.69, 9.17) is 11.6 Å². The number of benzene rings is 1. The van der Waals surface area contributed by atoms with Gasteiger partial charge in [0.05, 0.1) is 26.9 Å². The van der Waals surface area contributed by atoms with Gasteiger partial charge in [0.2, 0.25) is 0 Å². The number of nitrogens with one attached hydrogen (secondary N) is 3. The van der Waals surface area contributed by atoms with Crippen LogP contribution >= 0.6 is 34.3 Å². The number of rotatable bonds is 5. The van der Waals surface area contributed by atoms with Crippen LogP contribution in [0.3, 0.4) is 0 Å². The number of hydrogen-bond donors (Lipinski definition) is 3. The van der Waals surface area contributed by atoms with Gasteiger partial charge in [0.1, 0.15) is 0 Å². The molecule has 0 bridgehead atoms. The molecule has 0 unspecified atom stereocenters. The second-order valence-electron chi connectivity index (χ2n) is 7.34. The lowest BCUT2D eigenvalue weighted by molar-refractivity contribution is 0.102. The van der Waals surface area contributed by atoms with Gasteiger partial charge in [-0.1, -0.05) is 54.3 Å². The first-order valence-electron chi connectivity index (χ1n) is 10.1. The minimum absolute atomic E-state index is 0.221. The molecule has 0 atom stereocenters. The summed E-state index contributed by atoms with van der Waals surface area (Å²) >= 11 is 8.79. The molecule has 31 heavy (non-hydrogen) atoms. The van der Waals surface area contributed by atoms with Crippen molar-refractivity contribution >= 4 is 56.5 Å². The van der Waals surface area contributed by atoms with Crippen molar-refractivity contribution in [3.8, 4) is 10.6 Å². The Morgan fingerprint density at radius 2 is 1.84 bits per heavy atom. The molecule has 0 saturated heterocycles. The molecule has 2 heterocycles. The van der Waals surface area contributed by atoms with E-state index in [9.17, 15) is 9.59 Å². The Morgan fingerprint density at radius 1 is 1.06 bits per heavy atom. The number of amides is 3. The number of aromatic nitrogens is 2. The fraction of sp³-hybridized carbons (Fsp3) is 0.333. The van der Waals surface area contributed by atoms with Crippen LogP contribution in [0.4, 0.5) is 15.1 Å². The standard InChI is InChI=1S/C21H22ClN5O2S2/c1-12-17(31-21(23-12)26-18(28)14-9-5-6-10-15(14)22)16-11-30-20(25-16)27-19(29)24-13-7-3-2-4-8-13/h5-6,9-11,13H,2-4,7-8H2,1H3,(H,23,26,28)(H2,24,25,27,29). The van der Waals surface area contributed by atoms with Crippen molar-refractivity contribution < 1.29 is 9.59 Å². The summed E-state index contributed by atoms with van der Waals surface area (Å²) in [5.41, 5.74) is 1.86. The zero-order valence-corrected chi connectivity index (χ0v) is 19.3. The third kappa shape index (κ3) is 5.41. The molecule has 3 N–H and O–H groups in total. The molecule has 1 fully saturated rings. The van der Waals surface area contributed by atoms with Gasteiger partial charge in [-0.15, -0.1) is 11.3 Å². The summed E-state index contributed by atoms with van der Waals surface area (Å²) in [4.78, 5) is 34.5. The number of hydrogen-bond acceptors (Lipinski definition) is 6. The van der Waals surface area contributed by atoms with Crippen LogP contribution in [0.1, 0.15) is 48.2 Å². The van der Waals surface area contributed by atoms with E-state index in [-0.39, 0.29) is 18.0 Å². The number of urea groups is 1. The van der Waals surface area contributed by atoms with E-state index in [0.717, 1.165) is 36.3 Å². The highest BCUT2D eigenvalue weighted by Crippen LogP contribution is 2.35. The molecule has 7 nitrogen and oxygen atoms in total. The van der Waals surface area contributed by atoms with Gasteiger partial charge in [-0.25, -0.2) is 14.8 Å². The normalized spacial score (nSPS) is 14.3. The lowest BCUT2D eigenvalue weighted by Crippen LogP contribution is -2.38. The van der Waals surface area contributed by atoms with E-state index in [0.29, 0.717) is 26.5 Å². The van der Waals surface area contributed by atoms with E-state index in [1.165, 1.54) is 29.1 Å². The summed E-state index contributed by atoms with van der Waals surface area (Å²) in [5.74, 6) is -0.314. The number of aryl methyl sites for hydroxylation is 1. The molecule has 162 valence electrons. The first-order valence-corrected chi connectivity index (χ1v) is 12.1. The third-order valence-corrected chi connectivity index (χ3v) is 7.22. The largest absolute Gasteiger partial charge is 0.335 e. The van der Waals surface area contributed by atoms with Gasteiger partial charge in [0, 0.05) is 11.4 Å². The summed E-state index contributed by atoms with van der Waals surface area (Å²) < 4.78 is 0. The van der Waals surface area contributed by atoms with Crippen LogP contribution in [0.2, 0.25) is 5.02 Å². The van der Waals surface area contributed by atoms with Gasteiger partial charge >= 0.3 is 6.03 Å². The first kappa shape index (κ1) is 21.7. The minimum atomic E-state index is -0.314. The van der Waals surface area contributed by atoms with Gasteiger partial charge in [-0.3, -0.25) is 15.4 Å². The smallest absolute Gasteiger partial charge is 0.321 e. The number of carbonyl (C=O) groups excluding carboxylic acids is 2. The van der Waals surface area contributed by atoms with Crippen molar-refractivity contribution in [2.45, 2.75) is 45.1 Å². The highest BCUT2D eigenvalue weighted by Gasteiger charge is 2.19. The average molecular weight is 476 g/mol. The number of anilines is 2. The molecule has 2 aromatic heterocycles. The van der Waals surface area contributed by atoms with Gasteiger partial charge < -0.3 is 5.32 Å². The number of nitrogens with zero attached hydrogens (tertiary/aromatic N) is 2. The van der Waals surface area contributed by atoms with Crippen molar-refractivity contribution in [1.29, 1.82) is 0 Å². The molecule has 1 aliphatic rings. The quantitative estimate of drug-likeness (QED) is 0.425. The summed E-state index contributed by atoms with van der Waals surface area (Å²) in [6.07, 6.45) is 5.61. The Kier molecular flexibility index (Phi) is 6.84. The average Bonchev–Trinajstić information content (AvgIpc) is 3.35. The maximum atomic E-state index is 12.5. The molecule has 3 amide bonds. The van der Waals surface area contributed by atoms with Crippen LogP contribution in [-0.2, 0) is 0 Å². The number of halogens is 1. The molecule has 1 aromatic carbocycles. The van der Waals surface area contributed by atoms with E-state index >= 15 is 0 Å². The van der Waals surface area contributed by atoms with Crippen LogP contribution in [0, 0.1) is 6.92 Å². The van der Waals surface area contributed by atoms with Gasteiger partial charge in [-0.2, -0.15) is 0 Å². The lowest BCUT2D eigenvalue weighted by atomic mass is 9.96. The molecule has 1 aliphatic carbocycles. The first-order chi connectivity index (χ1) is 15.0. The van der Waals surface area contributed by atoms with E-state index in [2.05, 4.69) is 25.9 Å². The third-order valence-electron chi connectivity index (χ3n) is 5.03. The highest BCUT2D eigenvalue weighted by molar-refractivity contribution is 7.20. The van der Waals surface area contributed by atoms with Gasteiger partial charge in [0.25, 0.3) is 5.91 Å². The Balaban J connectivity index is 1.40. The van der Waals surface area contributed by atoms with Crippen molar-refractivity contribution in [3.63, 3.8) is 0 Å². The highest BCUT2D eigenvalue weighted by atomic mass is 35.5. The molecule has 3 aromatic rings. The summed E-state index contributed by atoms with van der Waals surface area (Å²) in [7, 11) is 0. The fourth-order valence-electron chi connectivity index (χ4n) is 3.50. The van der Waals surface area contributed by atoms with Crippen molar-refractivity contribution in [1.82, 2.24) is 15.3 Å². The number of thiazole rings is 2. The second kappa shape index (κ2) is 9.76. The van der Waals surface area contributed by atoms with E-state index in [1.54, 1.807) is 24.3 Å². The maximum Gasteiger partial charge on any atom is 0.321 e. The molecule has 1 saturated carbocycles. The molecule has 0 spiro atoms. The Morgan fingerprint density at radius 3 is 2.61 bits per heavy atom. The fourth-order valence-corrected chi connectivity index (χ4v) is 5.41. The molecule has 0 aliphatic heterocycles. The number of carbonyl (C=O) groups is 2. The molecular weight excluding hydrogens is 454 g/mol. The maximum absolute atomic E-state index is 12.5. The SMILES string of the molecule is Cc1nc(NC(=O)c2ccccc2Cl)sc1-c1csc(NC(=O)NC2CCCCC2)n1. The van der Waals surface area contributed by atoms with E-state index < -0.39 is 0 Å². The second-order valence-corrected chi connectivity index (χ2v) is 9.60. The van der Waals surface area contributed by atoms with Crippen LogP contribution in [-0.4, -0.2) is 27.9 Å². The Labute approximate surface area is 193 Å². The summed E-state index contributed by atoms with van der Waals surface area (Å²) in [5, 5.41) is 11.9.